The van der Waals surface area contributed by atoms with Crippen molar-refractivity contribution in [2.75, 3.05) is 14.1 Å². The van der Waals surface area contributed by atoms with E-state index in [1.807, 2.05) is 20.8 Å². The monoisotopic (exact) mass is 224 g/mol. The van der Waals surface area contributed by atoms with Crippen molar-refractivity contribution in [1.29, 1.82) is 0 Å². The van der Waals surface area contributed by atoms with E-state index in [0.29, 0.717) is 0 Å². The molecule has 1 rings (SSSR count). The van der Waals surface area contributed by atoms with Gasteiger partial charge in [0.05, 0.1) is 12.2 Å². The highest BCUT2D eigenvalue weighted by molar-refractivity contribution is 5.80. The molecule has 1 aromatic heterocycles. The lowest BCUT2D eigenvalue weighted by Crippen LogP contribution is -2.42. The molecule has 0 saturated heterocycles. The summed E-state index contributed by atoms with van der Waals surface area (Å²) in [5.41, 5.74) is 2.13. The number of amides is 1. The van der Waals surface area contributed by atoms with Crippen LogP contribution < -0.4 is 5.32 Å². The molecule has 0 aliphatic carbocycles. The van der Waals surface area contributed by atoms with Gasteiger partial charge in [-0.1, -0.05) is 0 Å². The highest BCUT2D eigenvalue weighted by atomic mass is 16.2. The van der Waals surface area contributed by atoms with Crippen molar-refractivity contribution in [3.63, 3.8) is 0 Å². The number of aromatic amines is 1. The number of hydrogen-bond donors (Lipinski definition) is 2. The van der Waals surface area contributed by atoms with Gasteiger partial charge in [-0.05, 0) is 20.8 Å². The maximum absolute atomic E-state index is 11.7. The second kappa shape index (κ2) is 5.12. The van der Waals surface area contributed by atoms with E-state index in [-0.39, 0.29) is 18.0 Å². The zero-order valence-electron chi connectivity index (χ0n) is 10.5. The molecule has 0 aromatic carbocycles. The number of rotatable bonds is 4. The van der Waals surface area contributed by atoms with Crippen LogP contribution in [0.25, 0.3) is 0 Å². The summed E-state index contributed by atoms with van der Waals surface area (Å²) in [4.78, 5) is 13.3. The molecule has 0 radical (unpaired) electrons. The molecule has 90 valence electrons. The van der Waals surface area contributed by atoms with Gasteiger partial charge < -0.3 is 4.90 Å². The summed E-state index contributed by atoms with van der Waals surface area (Å²) in [6.45, 7) is 5.87. The Labute approximate surface area is 96.2 Å². The molecule has 5 nitrogen and oxygen atoms in total. The van der Waals surface area contributed by atoms with Gasteiger partial charge in [-0.15, -0.1) is 0 Å². The molecule has 0 aliphatic heterocycles. The molecule has 2 N–H and O–H groups in total. The zero-order valence-corrected chi connectivity index (χ0v) is 10.5. The number of likely N-dealkylation sites (N-methyl/N-ethyl adjacent to an activating group) is 1. The van der Waals surface area contributed by atoms with Crippen LogP contribution in [-0.4, -0.2) is 41.1 Å². The summed E-state index contributed by atoms with van der Waals surface area (Å²) < 4.78 is 0. The van der Waals surface area contributed by atoms with Gasteiger partial charge in [-0.3, -0.25) is 15.2 Å². The summed E-state index contributed by atoms with van der Waals surface area (Å²) in [7, 11) is 3.52. The van der Waals surface area contributed by atoms with Crippen LogP contribution in [0.15, 0.2) is 6.20 Å². The number of nitrogens with zero attached hydrogens (tertiary/aromatic N) is 2. The number of nitrogens with one attached hydrogen (secondary N) is 2. The standard InChI is InChI=1S/C11H20N4O/c1-7(10-6-12-14-8(10)2)13-9(3)11(16)15(4)5/h6-7,9,13H,1-5H3,(H,12,14)/t7?,9-/m1/s1. The fourth-order valence-electron chi connectivity index (χ4n) is 1.72. The average molecular weight is 224 g/mol. The highest BCUT2D eigenvalue weighted by Crippen LogP contribution is 2.14. The number of H-pyrrole nitrogens is 1. The smallest absolute Gasteiger partial charge is 0.238 e. The lowest BCUT2D eigenvalue weighted by Gasteiger charge is -2.22. The predicted octanol–water partition coefficient (Wildman–Crippen LogP) is 0.845. The van der Waals surface area contributed by atoms with E-state index in [2.05, 4.69) is 15.5 Å². The summed E-state index contributed by atoms with van der Waals surface area (Å²) >= 11 is 0. The second-order valence-electron chi connectivity index (χ2n) is 4.29. The molecule has 1 aromatic rings. The largest absolute Gasteiger partial charge is 0.347 e. The minimum atomic E-state index is -0.195. The van der Waals surface area contributed by atoms with Crippen LogP contribution in [0.4, 0.5) is 0 Å². The fraction of sp³-hybridized carbons (Fsp3) is 0.636. The minimum absolute atomic E-state index is 0.0768. The van der Waals surface area contributed by atoms with Gasteiger partial charge in [-0.25, -0.2) is 0 Å². The third-order valence-corrected chi connectivity index (χ3v) is 2.65. The van der Waals surface area contributed by atoms with Gasteiger partial charge >= 0.3 is 0 Å². The third-order valence-electron chi connectivity index (χ3n) is 2.65. The normalized spacial score (nSPS) is 14.6. The number of carbonyl (C=O) groups excluding carboxylic acids is 1. The van der Waals surface area contributed by atoms with Gasteiger partial charge in [0.25, 0.3) is 0 Å². The summed E-state index contributed by atoms with van der Waals surface area (Å²) in [5, 5.41) is 10.1. The Kier molecular flexibility index (Phi) is 4.06. The van der Waals surface area contributed by atoms with Crippen molar-refractivity contribution < 1.29 is 4.79 Å². The van der Waals surface area contributed by atoms with E-state index in [0.717, 1.165) is 11.3 Å². The molecule has 1 unspecified atom stereocenters. The lowest BCUT2D eigenvalue weighted by molar-refractivity contribution is -0.130. The van der Waals surface area contributed by atoms with Crippen molar-refractivity contribution >= 4 is 5.91 Å². The first-order valence-corrected chi connectivity index (χ1v) is 5.40. The van der Waals surface area contributed by atoms with Crippen molar-refractivity contribution in [1.82, 2.24) is 20.4 Å². The SMILES string of the molecule is Cc1[nH]ncc1C(C)N[C@H](C)C(=O)N(C)C. The summed E-state index contributed by atoms with van der Waals surface area (Å²) in [5.74, 6) is 0.0768. The highest BCUT2D eigenvalue weighted by Gasteiger charge is 2.18. The van der Waals surface area contributed by atoms with Crippen LogP contribution in [0, 0.1) is 6.92 Å². The molecule has 0 aliphatic rings. The van der Waals surface area contributed by atoms with E-state index < -0.39 is 0 Å². The van der Waals surface area contributed by atoms with Crippen LogP contribution in [0.2, 0.25) is 0 Å². The Bertz CT molecular complexity index is 359. The van der Waals surface area contributed by atoms with Gasteiger partial charge in [0.1, 0.15) is 0 Å². The Morgan fingerprint density at radius 1 is 1.50 bits per heavy atom. The second-order valence-corrected chi connectivity index (χ2v) is 4.29. The molecule has 0 saturated carbocycles. The maximum atomic E-state index is 11.7. The molecule has 0 bridgehead atoms. The molecule has 1 amide bonds. The van der Waals surface area contributed by atoms with E-state index >= 15 is 0 Å². The van der Waals surface area contributed by atoms with Crippen molar-refractivity contribution in [3.05, 3.63) is 17.5 Å². The molecule has 1 heterocycles. The number of hydrogen-bond acceptors (Lipinski definition) is 3. The first kappa shape index (κ1) is 12.7. The third kappa shape index (κ3) is 2.82. The first-order chi connectivity index (χ1) is 7.43. The molecule has 0 spiro atoms. The zero-order chi connectivity index (χ0) is 12.3. The van der Waals surface area contributed by atoms with E-state index in [9.17, 15) is 4.79 Å². The fourth-order valence-corrected chi connectivity index (χ4v) is 1.72. The molecule has 0 fully saturated rings. The maximum Gasteiger partial charge on any atom is 0.238 e. The molecule has 5 heteroatoms. The van der Waals surface area contributed by atoms with E-state index in [1.165, 1.54) is 0 Å². The number of aryl methyl sites for hydroxylation is 1. The summed E-state index contributed by atoms with van der Waals surface area (Å²) in [6.07, 6.45) is 1.79. The van der Waals surface area contributed by atoms with Gasteiger partial charge in [0.2, 0.25) is 5.91 Å². The van der Waals surface area contributed by atoms with Crippen LogP contribution >= 0.6 is 0 Å². The van der Waals surface area contributed by atoms with Crippen LogP contribution in [0.1, 0.15) is 31.1 Å². The minimum Gasteiger partial charge on any atom is -0.347 e. The van der Waals surface area contributed by atoms with Crippen LogP contribution in [0.5, 0.6) is 0 Å². The van der Waals surface area contributed by atoms with Crippen molar-refractivity contribution in [2.24, 2.45) is 0 Å². The Morgan fingerprint density at radius 3 is 2.56 bits per heavy atom. The molecular formula is C11H20N4O. The predicted molar refractivity (Wildman–Crippen MR) is 63.0 cm³/mol. The molecular weight excluding hydrogens is 204 g/mol. The molecule has 2 atom stereocenters. The van der Waals surface area contributed by atoms with Gasteiger partial charge in [0.15, 0.2) is 0 Å². The average Bonchev–Trinajstić information content (AvgIpc) is 2.62. The molecule has 16 heavy (non-hydrogen) atoms. The number of carbonyl (C=O) groups is 1. The Hall–Kier alpha value is -1.36. The Morgan fingerprint density at radius 2 is 2.12 bits per heavy atom. The van der Waals surface area contributed by atoms with Crippen LogP contribution in [0.3, 0.4) is 0 Å². The topological polar surface area (TPSA) is 61.0 Å². The Balaban J connectivity index is 2.62. The van der Waals surface area contributed by atoms with Crippen molar-refractivity contribution in [2.45, 2.75) is 32.9 Å². The number of aromatic nitrogens is 2. The first-order valence-electron chi connectivity index (χ1n) is 5.40. The van der Waals surface area contributed by atoms with Crippen LogP contribution in [-0.2, 0) is 4.79 Å². The summed E-state index contributed by atoms with van der Waals surface area (Å²) in [6, 6.07) is -0.0862. The van der Waals surface area contributed by atoms with E-state index in [1.54, 1.807) is 25.2 Å². The van der Waals surface area contributed by atoms with E-state index in [4.69, 9.17) is 0 Å². The lowest BCUT2D eigenvalue weighted by atomic mass is 10.1. The van der Waals surface area contributed by atoms with Gasteiger partial charge in [-0.2, -0.15) is 5.10 Å². The van der Waals surface area contributed by atoms with Gasteiger partial charge in [0, 0.05) is 31.4 Å². The quantitative estimate of drug-likeness (QED) is 0.797. The van der Waals surface area contributed by atoms with Crippen molar-refractivity contribution in [3.8, 4) is 0 Å².